The van der Waals surface area contributed by atoms with E-state index in [1.165, 1.54) is 18.3 Å². The molecule has 0 aliphatic carbocycles. The van der Waals surface area contributed by atoms with Gasteiger partial charge in [0.25, 0.3) is 10.0 Å². The number of amides is 1. The zero-order chi connectivity index (χ0) is 21.7. The molecule has 2 aromatic carbocycles. The topological polar surface area (TPSA) is 100 Å². The number of aromatic nitrogens is 1. The molecule has 0 radical (unpaired) electrons. The lowest BCUT2D eigenvalue weighted by molar-refractivity contribution is -0.116. The highest BCUT2D eigenvalue weighted by Crippen LogP contribution is 2.20. The van der Waals surface area contributed by atoms with Gasteiger partial charge >= 0.3 is 0 Å². The fourth-order valence-corrected chi connectivity index (χ4v) is 3.72. The zero-order valence-corrected chi connectivity index (χ0v) is 17.3. The molecule has 0 aliphatic rings. The van der Waals surface area contributed by atoms with Gasteiger partial charge in [0.05, 0.1) is 10.6 Å². The van der Waals surface area contributed by atoms with E-state index in [9.17, 15) is 17.6 Å². The van der Waals surface area contributed by atoms with E-state index < -0.39 is 21.9 Å². The van der Waals surface area contributed by atoms with E-state index in [0.29, 0.717) is 17.1 Å². The Hall–Kier alpha value is -3.17. The van der Waals surface area contributed by atoms with Crippen molar-refractivity contribution >= 4 is 44.6 Å². The lowest BCUT2D eigenvalue weighted by Gasteiger charge is -2.16. The molecule has 7 nitrogen and oxygen atoms in total. The van der Waals surface area contributed by atoms with Crippen LogP contribution in [0.1, 0.15) is 6.92 Å². The number of rotatable bonds is 7. The monoisotopic (exact) mass is 448 g/mol. The van der Waals surface area contributed by atoms with E-state index in [1.54, 1.807) is 43.3 Å². The molecule has 0 saturated carbocycles. The largest absolute Gasteiger partial charge is 0.374 e. The third kappa shape index (κ3) is 5.46. The van der Waals surface area contributed by atoms with Crippen molar-refractivity contribution < 1.29 is 17.6 Å². The molecule has 30 heavy (non-hydrogen) atoms. The summed E-state index contributed by atoms with van der Waals surface area (Å²) in [5.41, 5.74) is 1.34. The number of carbonyl (C=O) groups is 1. The van der Waals surface area contributed by atoms with Crippen LogP contribution >= 0.6 is 11.6 Å². The van der Waals surface area contributed by atoms with Crippen LogP contribution < -0.4 is 15.4 Å². The van der Waals surface area contributed by atoms with Crippen molar-refractivity contribution in [2.24, 2.45) is 0 Å². The maximum atomic E-state index is 13.0. The highest BCUT2D eigenvalue weighted by atomic mass is 35.5. The van der Waals surface area contributed by atoms with Crippen LogP contribution in [0.5, 0.6) is 0 Å². The van der Waals surface area contributed by atoms with Crippen LogP contribution in [0.3, 0.4) is 0 Å². The van der Waals surface area contributed by atoms with Crippen LogP contribution in [0.4, 0.5) is 21.5 Å². The minimum atomic E-state index is -3.84. The standard InChI is InChI=1S/C20H18ClFN4O3S/c1-13(20(27)25-18-3-2-12-23-19(18)21)24-15-6-8-16(9-7-15)26-30(28,29)17-10-4-14(22)5-11-17/h2-13,24,26H,1H3,(H,25,27). The molecule has 0 spiro atoms. The molecule has 1 heterocycles. The van der Waals surface area contributed by atoms with E-state index >= 15 is 0 Å². The van der Waals surface area contributed by atoms with Gasteiger partial charge in [0.1, 0.15) is 11.9 Å². The average Bonchev–Trinajstić information content (AvgIpc) is 2.71. The Bertz CT molecular complexity index is 1140. The van der Waals surface area contributed by atoms with Gasteiger partial charge in [-0.2, -0.15) is 0 Å². The first-order chi connectivity index (χ1) is 14.2. The third-order valence-electron chi connectivity index (χ3n) is 4.05. The van der Waals surface area contributed by atoms with Gasteiger partial charge in [0.15, 0.2) is 5.15 Å². The van der Waals surface area contributed by atoms with Crippen LogP contribution in [0, 0.1) is 5.82 Å². The fourth-order valence-electron chi connectivity index (χ4n) is 2.50. The maximum Gasteiger partial charge on any atom is 0.261 e. The molecule has 3 aromatic rings. The number of nitrogens with zero attached hydrogens (tertiary/aromatic N) is 1. The number of benzene rings is 2. The van der Waals surface area contributed by atoms with Gasteiger partial charge in [0.2, 0.25) is 5.91 Å². The second kappa shape index (κ2) is 9.10. The molecule has 10 heteroatoms. The van der Waals surface area contributed by atoms with Gasteiger partial charge < -0.3 is 10.6 Å². The summed E-state index contributed by atoms with van der Waals surface area (Å²) < 4.78 is 40.1. The SMILES string of the molecule is CC(Nc1ccc(NS(=O)(=O)c2ccc(F)cc2)cc1)C(=O)Nc1cccnc1Cl. The van der Waals surface area contributed by atoms with Crippen LogP contribution in [0.15, 0.2) is 71.8 Å². The zero-order valence-electron chi connectivity index (χ0n) is 15.8. The first kappa shape index (κ1) is 21.5. The fraction of sp³-hybridized carbons (Fsp3) is 0.100. The molecule has 0 saturated heterocycles. The minimum absolute atomic E-state index is 0.0505. The van der Waals surface area contributed by atoms with E-state index in [4.69, 9.17) is 11.6 Å². The quantitative estimate of drug-likeness (QED) is 0.472. The average molecular weight is 449 g/mol. The summed E-state index contributed by atoms with van der Waals surface area (Å²) in [6, 6.07) is 13.6. The minimum Gasteiger partial charge on any atom is -0.374 e. The molecular weight excluding hydrogens is 431 g/mol. The number of carbonyl (C=O) groups excluding carboxylic acids is 1. The number of sulfonamides is 1. The Morgan fingerprint density at radius 1 is 1.03 bits per heavy atom. The second-order valence-electron chi connectivity index (χ2n) is 6.33. The molecule has 156 valence electrons. The number of pyridine rings is 1. The van der Waals surface area contributed by atoms with Gasteiger partial charge in [-0.15, -0.1) is 0 Å². The van der Waals surface area contributed by atoms with Gasteiger partial charge in [-0.25, -0.2) is 17.8 Å². The predicted molar refractivity (Wildman–Crippen MR) is 115 cm³/mol. The molecule has 1 unspecified atom stereocenters. The summed E-state index contributed by atoms with van der Waals surface area (Å²) in [6.45, 7) is 1.67. The predicted octanol–water partition coefficient (Wildman–Crippen LogP) is 4.11. The van der Waals surface area contributed by atoms with Gasteiger partial charge in [-0.3, -0.25) is 9.52 Å². The lowest BCUT2D eigenvalue weighted by Crippen LogP contribution is -2.32. The highest BCUT2D eigenvalue weighted by Gasteiger charge is 2.16. The van der Waals surface area contributed by atoms with Gasteiger partial charge in [-0.05, 0) is 67.6 Å². The van der Waals surface area contributed by atoms with Crippen molar-refractivity contribution in [2.75, 3.05) is 15.4 Å². The van der Waals surface area contributed by atoms with Crippen molar-refractivity contribution in [3.05, 3.63) is 77.8 Å². The number of hydrogen-bond acceptors (Lipinski definition) is 5. The maximum absolute atomic E-state index is 13.0. The van der Waals surface area contributed by atoms with Gasteiger partial charge in [-0.1, -0.05) is 11.6 Å². The molecule has 1 atom stereocenters. The smallest absolute Gasteiger partial charge is 0.261 e. The van der Waals surface area contributed by atoms with Crippen LogP contribution in [0.2, 0.25) is 5.15 Å². The van der Waals surface area contributed by atoms with E-state index in [-0.39, 0.29) is 16.0 Å². The molecule has 3 N–H and O–H groups in total. The summed E-state index contributed by atoms with van der Waals surface area (Å²) in [4.78, 5) is 16.2. The normalized spacial score (nSPS) is 12.1. The summed E-state index contributed by atoms with van der Waals surface area (Å²) >= 11 is 5.93. The Labute approximate surface area is 178 Å². The van der Waals surface area contributed by atoms with E-state index in [2.05, 4.69) is 20.3 Å². The van der Waals surface area contributed by atoms with Crippen LogP contribution in [-0.4, -0.2) is 25.4 Å². The molecule has 1 aromatic heterocycles. The number of halogens is 2. The third-order valence-corrected chi connectivity index (χ3v) is 5.75. The number of hydrogen-bond donors (Lipinski definition) is 3. The summed E-state index contributed by atoms with van der Waals surface area (Å²) in [5, 5.41) is 5.89. The summed E-state index contributed by atoms with van der Waals surface area (Å²) in [6.07, 6.45) is 1.52. The van der Waals surface area contributed by atoms with E-state index in [1.807, 2.05) is 0 Å². The molecule has 1 amide bonds. The van der Waals surface area contributed by atoms with Crippen molar-refractivity contribution in [3.8, 4) is 0 Å². The van der Waals surface area contributed by atoms with E-state index in [0.717, 1.165) is 12.1 Å². The first-order valence-corrected chi connectivity index (χ1v) is 10.7. The Kier molecular flexibility index (Phi) is 6.53. The van der Waals surface area contributed by atoms with Crippen molar-refractivity contribution in [1.29, 1.82) is 0 Å². The Balaban J connectivity index is 1.62. The van der Waals surface area contributed by atoms with Crippen molar-refractivity contribution in [3.63, 3.8) is 0 Å². The molecule has 3 rings (SSSR count). The Morgan fingerprint density at radius 3 is 2.30 bits per heavy atom. The molecule has 0 fully saturated rings. The van der Waals surface area contributed by atoms with Gasteiger partial charge in [0, 0.05) is 17.6 Å². The lowest BCUT2D eigenvalue weighted by atomic mass is 10.2. The highest BCUT2D eigenvalue weighted by molar-refractivity contribution is 7.92. The van der Waals surface area contributed by atoms with Crippen molar-refractivity contribution in [2.45, 2.75) is 17.9 Å². The van der Waals surface area contributed by atoms with Crippen LogP contribution in [0.25, 0.3) is 0 Å². The molecule has 0 bridgehead atoms. The van der Waals surface area contributed by atoms with Crippen molar-refractivity contribution in [1.82, 2.24) is 4.98 Å². The number of nitrogens with one attached hydrogen (secondary N) is 3. The second-order valence-corrected chi connectivity index (χ2v) is 8.37. The summed E-state index contributed by atoms with van der Waals surface area (Å²) in [5.74, 6) is -0.834. The molecule has 0 aliphatic heterocycles. The first-order valence-electron chi connectivity index (χ1n) is 8.81. The summed E-state index contributed by atoms with van der Waals surface area (Å²) in [7, 11) is -3.84. The Morgan fingerprint density at radius 2 is 1.67 bits per heavy atom. The van der Waals surface area contributed by atoms with Crippen LogP contribution in [-0.2, 0) is 14.8 Å². The molecular formula is C20H18ClFN4O3S. The number of anilines is 3.